The maximum absolute atomic E-state index is 12.1. The van der Waals surface area contributed by atoms with Crippen LogP contribution in [0.3, 0.4) is 0 Å². The predicted molar refractivity (Wildman–Crippen MR) is 82.6 cm³/mol. The molecule has 0 saturated carbocycles. The van der Waals surface area contributed by atoms with Crippen LogP contribution in [-0.4, -0.2) is 41.2 Å². The number of ether oxygens (including phenoxy) is 2. The average molecular weight is 317 g/mol. The second-order valence-corrected chi connectivity index (χ2v) is 5.40. The molecule has 1 aliphatic rings. The second-order valence-electron chi connectivity index (χ2n) is 5.40. The molecule has 1 aliphatic heterocycles. The highest BCUT2D eigenvalue weighted by Gasteiger charge is 2.24. The Morgan fingerprint density at radius 2 is 2.26 bits per heavy atom. The number of amides is 1. The van der Waals surface area contributed by atoms with Crippen LogP contribution in [-0.2, 0) is 32.2 Å². The molecule has 7 heteroatoms. The van der Waals surface area contributed by atoms with Crippen LogP contribution < -0.4 is 5.32 Å². The zero-order valence-electron chi connectivity index (χ0n) is 12.9. The van der Waals surface area contributed by atoms with Crippen LogP contribution in [0, 0.1) is 0 Å². The van der Waals surface area contributed by atoms with Gasteiger partial charge < -0.3 is 19.4 Å². The van der Waals surface area contributed by atoms with Crippen molar-refractivity contribution in [2.45, 2.75) is 32.0 Å². The molecule has 2 aromatic rings. The number of esters is 1. The lowest BCUT2D eigenvalue weighted by Crippen LogP contribution is -2.34. The van der Waals surface area contributed by atoms with E-state index in [1.165, 1.54) is 7.11 Å². The Bertz CT molecular complexity index is 719. The molecule has 1 aromatic carbocycles. The quantitative estimate of drug-likeness (QED) is 0.832. The van der Waals surface area contributed by atoms with Crippen molar-refractivity contribution >= 4 is 22.9 Å². The summed E-state index contributed by atoms with van der Waals surface area (Å²) in [6.07, 6.45) is 1.26. The molecule has 1 aromatic heterocycles. The number of benzene rings is 1. The maximum Gasteiger partial charge on any atom is 0.325 e. The topological polar surface area (TPSA) is 82.5 Å². The standard InChI is InChI=1S/C16H19N3O4/c1-22-15(20)10-19-12-6-3-2-5-11(12)18-14(19)9-17-16(21)13-7-4-8-23-13/h2-3,5-6,13H,4,7-10H2,1H3,(H,17,21). The third kappa shape index (κ3) is 3.34. The smallest absolute Gasteiger partial charge is 0.325 e. The number of nitrogens with zero attached hydrogens (tertiary/aromatic N) is 2. The summed E-state index contributed by atoms with van der Waals surface area (Å²) in [4.78, 5) is 28.2. The minimum absolute atomic E-state index is 0.0577. The van der Waals surface area contributed by atoms with Crippen LogP contribution in [0.2, 0.25) is 0 Å². The molecule has 1 amide bonds. The van der Waals surface area contributed by atoms with Crippen molar-refractivity contribution in [3.63, 3.8) is 0 Å². The highest BCUT2D eigenvalue weighted by atomic mass is 16.5. The number of carbonyl (C=O) groups excluding carboxylic acids is 2. The molecule has 1 saturated heterocycles. The van der Waals surface area contributed by atoms with Crippen molar-refractivity contribution in [3.8, 4) is 0 Å². The normalized spacial score (nSPS) is 17.3. The molecule has 1 atom stereocenters. The van der Waals surface area contributed by atoms with Gasteiger partial charge >= 0.3 is 5.97 Å². The van der Waals surface area contributed by atoms with Gasteiger partial charge in [0.2, 0.25) is 5.91 Å². The lowest BCUT2D eigenvalue weighted by Gasteiger charge is -2.11. The minimum atomic E-state index is -0.381. The van der Waals surface area contributed by atoms with Crippen molar-refractivity contribution in [1.82, 2.24) is 14.9 Å². The number of carbonyl (C=O) groups is 2. The van der Waals surface area contributed by atoms with Gasteiger partial charge in [-0.1, -0.05) is 12.1 Å². The van der Waals surface area contributed by atoms with Crippen LogP contribution >= 0.6 is 0 Å². The van der Waals surface area contributed by atoms with Gasteiger partial charge in [-0.05, 0) is 25.0 Å². The van der Waals surface area contributed by atoms with Gasteiger partial charge in [0.25, 0.3) is 0 Å². The monoisotopic (exact) mass is 317 g/mol. The fourth-order valence-corrected chi connectivity index (χ4v) is 2.69. The lowest BCUT2D eigenvalue weighted by molar-refractivity contribution is -0.141. The molecular formula is C16H19N3O4. The Labute approximate surface area is 133 Å². The summed E-state index contributed by atoms with van der Waals surface area (Å²) in [7, 11) is 1.35. The molecule has 0 spiro atoms. The van der Waals surface area contributed by atoms with E-state index in [-0.39, 0.29) is 31.1 Å². The molecule has 122 valence electrons. The van der Waals surface area contributed by atoms with E-state index in [0.717, 1.165) is 23.9 Å². The summed E-state index contributed by atoms with van der Waals surface area (Å²) < 4.78 is 11.9. The van der Waals surface area contributed by atoms with Crippen molar-refractivity contribution < 1.29 is 19.1 Å². The van der Waals surface area contributed by atoms with Gasteiger partial charge in [0.1, 0.15) is 18.5 Å². The first kappa shape index (κ1) is 15.5. The number of nitrogens with one attached hydrogen (secondary N) is 1. The highest BCUT2D eigenvalue weighted by molar-refractivity contribution is 5.81. The van der Waals surface area contributed by atoms with E-state index in [9.17, 15) is 9.59 Å². The fraction of sp³-hybridized carbons (Fsp3) is 0.438. The molecule has 3 rings (SSSR count). The summed E-state index contributed by atoms with van der Waals surface area (Å²) in [6, 6.07) is 7.52. The Balaban J connectivity index is 1.79. The van der Waals surface area contributed by atoms with Gasteiger partial charge in [0.15, 0.2) is 0 Å². The molecule has 0 radical (unpaired) electrons. The van der Waals surface area contributed by atoms with Gasteiger partial charge in [-0.3, -0.25) is 9.59 Å². The molecule has 0 aliphatic carbocycles. The Kier molecular flexibility index (Phi) is 4.57. The SMILES string of the molecule is COC(=O)Cn1c(CNC(=O)C2CCCO2)nc2ccccc21. The Morgan fingerprint density at radius 1 is 1.43 bits per heavy atom. The largest absolute Gasteiger partial charge is 0.468 e. The van der Waals surface area contributed by atoms with Gasteiger partial charge in [-0.15, -0.1) is 0 Å². The summed E-state index contributed by atoms with van der Waals surface area (Å²) in [6.45, 7) is 0.922. The van der Waals surface area contributed by atoms with E-state index in [2.05, 4.69) is 10.3 Å². The van der Waals surface area contributed by atoms with Crippen LogP contribution in [0.4, 0.5) is 0 Å². The zero-order chi connectivity index (χ0) is 16.2. The van der Waals surface area contributed by atoms with E-state index < -0.39 is 0 Å². The molecule has 7 nitrogen and oxygen atoms in total. The second kappa shape index (κ2) is 6.78. The first-order valence-corrected chi connectivity index (χ1v) is 7.59. The van der Waals surface area contributed by atoms with Crippen molar-refractivity contribution in [2.24, 2.45) is 0 Å². The number of methoxy groups -OCH3 is 1. The summed E-state index contributed by atoms with van der Waals surface area (Å²) in [5.74, 6) is 0.113. The van der Waals surface area contributed by atoms with E-state index in [1.54, 1.807) is 4.57 Å². The number of imidazole rings is 1. The van der Waals surface area contributed by atoms with Crippen molar-refractivity contribution in [2.75, 3.05) is 13.7 Å². The van der Waals surface area contributed by atoms with Crippen LogP contribution in [0.25, 0.3) is 11.0 Å². The van der Waals surface area contributed by atoms with Crippen LogP contribution in [0.1, 0.15) is 18.7 Å². The maximum atomic E-state index is 12.1. The predicted octanol–water partition coefficient (Wildman–Crippen LogP) is 1.00. The number of para-hydroxylation sites is 2. The zero-order valence-corrected chi connectivity index (χ0v) is 12.9. The van der Waals surface area contributed by atoms with Crippen molar-refractivity contribution in [3.05, 3.63) is 30.1 Å². The molecular weight excluding hydrogens is 298 g/mol. The molecule has 0 bridgehead atoms. The highest BCUT2D eigenvalue weighted by Crippen LogP contribution is 2.17. The Hall–Kier alpha value is -2.41. The number of rotatable bonds is 5. The summed E-state index contributed by atoms with van der Waals surface area (Å²) in [5.41, 5.74) is 1.61. The van der Waals surface area contributed by atoms with E-state index >= 15 is 0 Å². The molecule has 1 N–H and O–H groups in total. The minimum Gasteiger partial charge on any atom is -0.468 e. The Morgan fingerprint density at radius 3 is 3.00 bits per heavy atom. The van der Waals surface area contributed by atoms with E-state index in [0.29, 0.717) is 12.4 Å². The van der Waals surface area contributed by atoms with Crippen molar-refractivity contribution in [1.29, 1.82) is 0 Å². The molecule has 1 unspecified atom stereocenters. The van der Waals surface area contributed by atoms with Gasteiger partial charge in [0.05, 0.1) is 24.7 Å². The number of hydrogen-bond donors (Lipinski definition) is 1. The van der Waals surface area contributed by atoms with Crippen LogP contribution in [0.15, 0.2) is 24.3 Å². The molecule has 1 fully saturated rings. The van der Waals surface area contributed by atoms with E-state index in [1.807, 2.05) is 24.3 Å². The first-order valence-electron chi connectivity index (χ1n) is 7.59. The number of fused-ring (bicyclic) bond motifs is 1. The van der Waals surface area contributed by atoms with Gasteiger partial charge in [-0.2, -0.15) is 0 Å². The third-order valence-corrected chi connectivity index (χ3v) is 3.89. The summed E-state index contributed by atoms with van der Waals surface area (Å²) in [5, 5.41) is 2.83. The number of aromatic nitrogens is 2. The van der Waals surface area contributed by atoms with E-state index in [4.69, 9.17) is 9.47 Å². The third-order valence-electron chi connectivity index (χ3n) is 3.89. The first-order chi connectivity index (χ1) is 11.2. The van der Waals surface area contributed by atoms with Gasteiger partial charge in [-0.25, -0.2) is 4.98 Å². The number of hydrogen-bond acceptors (Lipinski definition) is 5. The van der Waals surface area contributed by atoms with Crippen LogP contribution in [0.5, 0.6) is 0 Å². The molecule has 2 heterocycles. The van der Waals surface area contributed by atoms with Gasteiger partial charge in [0, 0.05) is 6.61 Å². The lowest BCUT2D eigenvalue weighted by atomic mass is 10.2. The summed E-state index contributed by atoms with van der Waals surface area (Å²) >= 11 is 0. The fourth-order valence-electron chi connectivity index (χ4n) is 2.69. The average Bonchev–Trinajstić information content (AvgIpc) is 3.21. The molecule has 23 heavy (non-hydrogen) atoms.